The van der Waals surface area contributed by atoms with Crippen molar-refractivity contribution in [3.63, 3.8) is 0 Å². The third-order valence-corrected chi connectivity index (χ3v) is 4.75. The van der Waals surface area contributed by atoms with Crippen LogP contribution in [0.1, 0.15) is 43.7 Å². The first kappa shape index (κ1) is 15.8. The lowest BCUT2D eigenvalue weighted by molar-refractivity contribution is -0.127. The fraction of sp³-hybridized carbons (Fsp3) is 0.381. The van der Waals surface area contributed by atoms with Crippen LogP contribution in [0.4, 0.5) is 0 Å². The average molecular weight is 308 g/mol. The molecule has 0 spiro atoms. The van der Waals surface area contributed by atoms with Crippen LogP contribution in [-0.4, -0.2) is 12.9 Å². The van der Waals surface area contributed by atoms with Gasteiger partial charge in [-0.1, -0.05) is 63.2 Å². The number of ether oxygens (including phenoxy) is 1. The highest BCUT2D eigenvalue weighted by atomic mass is 16.5. The van der Waals surface area contributed by atoms with Gasteiger partial charge in [-0.3, -0.25) is 4.79 Å². The third-order valence-electron chi connectivity index (χ3n) is 4.75. The van der Waals surface area contributed by atoms with Crippen molar-refractivity contribution in [3.8, 4) is 5.75 Å². The first-order valence-corrected chi connectivity index (χ1v) is 8.16. The summed E-state index contributed by atoms with van der Waals surface area (Å²) in [4.78, 5) is 12.9. The van der Waals surface area contributed by atoms with Crippen molar-refractivity contribution in [1.82, 2.24) is 0 Å². The molecule has 0 unspecified atom stereocenters. The molecule has 2 aromatic carbocycles. The van der Waals surface area contributed by atoms with Gasteiger partial charge in [-0.15, -0.1) is 0 Å². The smallest absolute Gasteiger partial charge is 0.142 e. The van der Waals surface area contributed by atoms with Crippen LogP contribution >= 0.6 is 0 Å². The molecule has 0 amide bonds. The highest BCUT2D eigenvalue weighted by Gasteiger charge is 2.57. The maximum Gasteiger partial charge on any atom is 0.142 e. The van der Waals surface area contributed by atoms with Crippen molar-refractivity contribution in [2.45, 2.75) is 32.6 Å². The first-order chi connectivity index (χ1) is 10.9. The van der Waals surface area contributed by atoms with E-state index in [-0.39, 0.29) is 23.2 Å². The van der Waals surface area contributed by atoms with E-state index < -0.39 is 0 Å². The van der Waals surface area contributed by atoms with Crippen molar-refractivity contribution in [1.29, 1.82) is 0 Å². The first-order valence-electron chi connectivity index (χ1n) is 8.16. The zero-order chi connectivity index (χ0) is 16.6. The molecule has 0 saturated heterocycles. The number of ketones is 1. The zero-order valence-electron chi connectivity index (χ0n) is 14.2. The standard InChI is InChI=1S/C21H24O2/c1-21(2,3)20(22)19-17(14-8-6-5-7-9-14)18(19)15-10-12-16(23-4)13-11-15/h5-13,17-19H,1-4H3/t17-,18+,19+/m0/s1. The Morgan fingerprint density at radius 1 is 0.870 bits per heavy atom. The van der Waals surface area contributed by atoms with E-state index in [4.69, 9.17) is 4.74 Å². The van der Waals surface area contributed by atoms with Crippen LogP contribution in [0, 0.1) is 11.3 Å². The zero-order valence-corrected chi connectivity index (χ0v) is 14.2. The number of carbonyl (C=O) groups excluding carboxylic acids is 1. The summed E-state index contributed by atoms with van der Waals surface area (Å²) in [6.45, 7) is 6.04. The fourth-order valence-corrected chi connectivity index (χ4v) is 3.47. The number of methoxy groups -OCH3 is 1. The Labute approximate surface area is 138 Å². The van der Waals surface area contributed by atoms with E-state index in [1.165, 1.54) is 11.1 Å². The van der Waals surface area contributed by atoms with Gasteiger partial charge in [-0.05, 0) is 23.3 Å². The summed E-state index contributed by atoms with van der Waals surface area (Å²) in [6.07, 6.45) is 0. The molecule has 0 aromatic heterocycles. The van der Waals surface area contributed by atoms with Crippen LogP contribution < -0.4 is 4.74 Å². The highest BCUT2D eigenvalue weighted by Crippen LogP contribution is 2.62. The van der Waals surface area contributed by atoms with Crippen molar-refractivity contribution in [3.05, 3.63) is 65.7 Å². The monoisotopic (exact) mass is 308 g/mol. The van der Waals surface area contributed by atoms with Gasteiger partial charge in [0.25, 0.3) is 0 Å². The summed E-state index contributed by atoms with van der Waals surface area (Å²) in [7, 11) is 1.67. The van der Waals surface area contributed by atoms with E-state index in [1.807, 2.05) is 39.0 Å². The molecular formula is C21H24O2. The Balaban J connectivity index is 1.93. The average Bonchev–Trinajstić information content (AvgIpc) is 3.29. The Morgan fingerprint density at radius 3 is 1.87 bits per heavy atom. The number of carbonyl (C=O) groups is 1. The van der Waals surface area contributed by atoms with E-state index in [9.17, 15) is 4.79 Å². The molecule has 2 aromatic rings. The molecule has 0 N–H and O–H groups in total. The highest BCUT2D eigenvalue weighted by molar-refractivity contribution is 5.91. The molecule has 1 aliphatic carbocycles. The normalized spacial score (nSPS) is 23.4. The Hall–Kier alpha value is -2.09. The largest absolute Gasteiger partial charge is 0.497 e. The third kappa shape index (κ3) is 3.03. The predicted octanol–water partition coefficient (Wildman–Crippen LogP) is 4.81. The predicted molar refractivity (Wildman–Crippen MR) is 92.9 cm³/mol. The lowest BCUT2D eigenvalue weighted by Crippen LogP contribution is -2.23. The van der Waals surface area contributed by atoms with Crippen LogP contribution in [0.15, 0.2) is 54.6 Å². The molecule has 23 heavy (non-hydrogen) atoms. The minimum Gasteiger partial charge on any atom is -0.497 e. The SMILES string of the molecule is COc1ccc([C@H]2[C@H](C(=O)C(C)(C)C)[C@H]2c2ccccc2)cc1. The molecular weight excluding hydrogens is 284 g/mol. The number of rotatable bonds is 4. The number of Topliss-reactive ketones (excluding diaryl/α,β-unsaturated/α-hetero) is 1. The minimum atomic E-state index is -0.307. The van der Waals surface area contributed by atoms with Gasteiger partial charge in [0.1, 0.15) is 11.5 Å². The van der Waals surface area contributed by atoms with E-state index in [0.717, 1.165) is 5.75 Å². The van der Waals surface area contributed by atoms with Gasteiger partial charge in [0.05, 0.1) is 7.11 Å². The van der Waals surface area contributed by atoms with Crippen LogP contribution in [0.2, 0.25) is 0 Å². The molecule has 1 saturated carbocycles. The summed E-state index contributed by atoms with van der Waals surface area (Å²) < 4.78 is 5.24. The van der Waals surface area contributed by atoms with E-state index in [2.05, 4.69) is 36.4 Å². The second-order valence-electron chi connectivity index (χ2n) is 7.38. The molecule has 0 bridgehead atoms. The molecule has 0 radical (unpaired) electrons. The van der Waals surface area contributed by atoms with Crippen LogP contribution in [0.3, 0.4) is 0 Å². The van der Waals surface area contributed by atoms with E-state index >= 15 is 0 Å². The molecule has 2 nitrogen and oxygen atoms in total. The van der Waals surface area contributed by atoms with Crippen molar-refractivity contribution < 1.29 is 9.53 Å². The van der Waals surface area contributed by atoms with E-state index in [0.29, 0.717) is 5.78 Å². The number of hydrogen-bond donors (Lipinski definition) is 0. The lowest BCUT2D eigenvalue weighted by Gasteiger charge is -2.16. The van der Waals surface area contributed by atoms with Gasteiger partial charge in [0.15, 0.2) is 0 Å². The van der Waals surface area contributed by atoms with Crippen LogP contribution in [0.25, 0.3) is 0 Å². The molecule has 0 aliphatic heterocycles. The number of benzene rings is 2. The second kappa shape index (κ2) is 5.84. The molecule has 1 fully saturated rings. The maximum atomic E-state index is 12.9. The molecule has 3 atom stereocenters. The van der Waals surface area contributed by atoms with Gasteiger partial charge in [0.2, 0.25) is 0 Å². The molecule has 120 valence electrons. The molecule has 3 rings (SSSR count). The summed E-state index contributed by atoms with van der Waals surface area (Å²) >= 11 is 0. The number of hydrogen-bond acceptors (Lipinski definition) is 2. The van der Waals surface area contributed by atoms with Gasteiger partial charge in [-0.2, -0.15) is 0 Å². The van der Waals surface area contributed by atoms with Gasteiger partial charge in [0, 0.05) is 23.2 Å². The van der Waals surface area contributed by atoms with Gasteiger partial charge >= 0.3 is 0 Å². The topological polar surface area (TPSA) is 26.3 Å². The van der Waals surface area contributed by atoms with Crippen molar-refractivity contribution in [2.24, 2.45) is 11.3 Å². The Kier molecular flexibility index (Phi) is 4.01. The quantitative estimate of drug-likeness (QED) is 0.810. The molecule has 1 aliphatic rings. The minimum absolute atomic E-state index is 0.0748. The molecule has 2 heteroatoms. The Morgan fingerprint density at radius 2 is 1.39 bits per heavy atom. The molecule has 0 heterocycles. The van der Waals surface area contributed by atoms with Crippen LogP contribution in [-0.2, 0) is 4.79 Å². The lowest BCUT2D eigenvalue weighted by atomic mass is 9.86. The summed E-state index contributed by atoms with van der Waals surface area (Å²) in [5.41, 5.74) is 2.18. The van der Waals surface area contributed by atoms with Crippen LogP contribution in [0.5, 0.6) is 5.75 Å². The second-order valence-corrected chi connectivity index (χ2v) is 7.38. The van der Waals surface area contributed by atoms with Crippen molar-refractivity contribution in [2.75, 3.05) is 7.11 Å². The van der Waals surface area contributed by atoms with Gasteiger partial charge < -0.3 is 4.74 Å². The summed E-state index contributed by atoms with van der Waals surface area (Å²) in [5, 5.41) is 0. The van der Waals surface area contributed by atoms with Crippen molar-refractivity contribution >= 4 is 5.78 Å². The summed E-state index contributed by atoms with van der Waals surface area (Å²) in [6, 6.07) is 18.5. The fourth-order valence-electron chi connectivity index (χ4n) is 3.47. The summed E-state index contributed by atoms with van der Waals surface area (Å²) in [5.74, 6) is 1.84. The maximum absolute atomic E-state index is 12.9. The Bertz CT molecular complexity index is 680. The van der Waals surface area contributed by atoms with E-state index in [1.54, 1.807) is 7.11 Å². The van der Waals surface area contributed by atoms with Gasteiger partial charge in [-0.25, -0.2) is 0 Å².